The van der Waals surface area contributed by atoms with E-state index in [0.29, 0.717) is 25.9 Å². The van der Waals surface area contributed by atoms with Crippen LogP contribution >= 0.6 is 11.6 Å². The first kappa shape index (κ1) is 27.7. The minimum atomic E-state index is -4.65. The molecule has 0 aliphatic carbocycles. The predicted octanol–water partition coefficient (Wildman–Crippen LogP) is 6.47. The van der Waals surface area contributed by atoms with Gasteiger partial charge in [0, 0.05) is 30.3 Å². The Balaban J connectivity index is 1.25. The molecule has 1 fully saturated rings. The lowest BCUT2D eigenvalue weighted by Crippen LogP contribution is -2.39. The monoisotopic (exact) mass is 589 g/mol. The molecule has 1 aliphatic heterocycles. The Hall–Kier alpha value is -3.83. The van der Waals surface area contributed by atoms with Gasteiger partial charge in [-0.1, -0.05) is 29.8 Å². The van der Waals surface area contributed by atoms with E-state index in [1.807, 2.05) is 4.57 Å². The van der Waals surface area contributed by atoms with Gasteiger partial charge in [-0.3, -0.25) is 4.79 Å². The van der Waals surface area contributed by atoms with Gasteiger partial charge >= 0.3 is 16.3 Å². The number of imidazole rings is 1. The number of aromatic nitrogens is 2. The van der Waals surface area contributed by atoms with E-state index < -0.39 is 32.8 Å². The van der Waals surface area contributed by atoms with E-state index in [1.54, 1.807) is 55.0 Å². The molecule has 1 aliphatic rings. The van der Waals surface area contributed by atoms with E-state index in [4.69, 9.17) is 15.8 Å². The summed E-state index contributed by atoms with van der Waals surface area (Å²) in [5.74, 6) is -0.311. The van der Waals surface area contributed by atoms with Crippen molar-refractivity contribution in [2.45, 2.75) is 30.0 Å². The molecule has 4 aromatic rings. The molecule has 1 aromatic heterocycles. The first-order valence-corrected chi connectivity index (χ1v) is 14.1. The van der Waals surface area contributed by atoms with Crippen LogP contribution in [0.1, 0.15) is 34.8 Å². The molecule has 3 aromatic carbocycles. The highest BCUT2D eigenvalue weighted by molar-refractivity contribution is 7.87. The summed E-state index contributed by atoms with van der Waals surface area (Å²) in [6.45, 7) is 0.713. The van der Waals surface area contributed by atoms with Crippen LogP contribution in [0.15, 0.2) is 90.2 Å². The molecule has 12 heteroatoms. The third-order valence-corrected chi connectivity index (χ3v) is 8.31. The van der Waals surface area contributed by atoms with Crippen molar-refractivity contribution in [1.29, 1.82) is 0 Å². The Labute approximate surface area is 233 Å². The Morgan fingerprint density at radius 2 is 1.65 bits per heavy atom. The maximum Gasteiger partial charge on any atom is 0.417 e. The van der Waals surface area contributed by atoms with Crippen LogP contribution in [0.25, 0.3) is 11.3 Å². The number of amides is 1. The molecule has 2 heterocycles. The van der Waals surface area contributed by atoms with Crippen LogP contribution in [0, 0.1) is 0 Å². The summed E-state index contributed by atoms with van der Waals surface area (Å²) >= 11 is 5.69. The number of benzene rings is 3. The number of carbonyl (C=O) groups excluding carboxylic acids is 1. The minimum Gasteiger partial charge on any atom is -0.379 e. The molecule has 1 saturated heterocycles. The fourth-order valence-corrected chi connectivity index (χ4v) is 5.84. The van der Waals surface area contributed by atoms with E-state index in [9.17, 15) is 26.4 Å². The first-order chi connectivity index (χ1) is 19.0. The zero-order valence-corrected chi connectivity index (χ0v) is 22.5. The summed E-state index contributed by atoms with van der Waals surface area (Å²) in [4.78, 5) is 18.8. The topological polar surface area (TPSA) is 81.5 Å². The smallest absolute Gasteiger partial charge is 0.379 e. The second-order valence-electron chi connectivity index (χ2n) is 9.28. The van der Waals surface area contributed by atoms with Crippen LogP contribution < -0.4 is 4.18 Å². The SMILES string of the molecule is O=C(c1ccc(Cl)c(C(F)(F)F)c1)N1CCC(n2cncc2-c2ccc(OS(=O)(=O)c3ccccc3)cc2)CC1. The average molecular weight is 590 g/mol. The van der Waals surface area contributed by atoms with E-state index in [0.717, 1.165) is 23.4 Å². The molecule has 208 valence electrons. The van der Waals surface area contributed by atoms with Gasteiger partial charge in [0.1, 0.15) is 10.6 Å². The second-order valence-corrected chi connectivity index (χ2v) is 11.2. The highest BCUT2D eigenvalue weighted by atomic mass is 35.5. The molecule has 7 nitrogen and oxygen atoms in total. The molecule has 0 atom stereocenters. The van der Waals surface area contributed by atoms with Crippen molar-refractivity contribution in [2.24, 2.45) is 0 Å². The molecule has 0 bridgehead atoms. The Morgan fingerprint density at radius 3 is 2.30 bits per heavy atom. The number of piperidine rings is 1. The highest BCUT2D eigenvalue weighted by Gasteiger charge is 2.34. The van der Waals surface area contributed by atoms with Crippen LogP contribution in [0.4, 0.5) is 13.2 Å². The third-order valence-electron chi connectivity index (χ3n) is 6.72. The van der Waals surface area contributed by atoms with Gasteiger partial charge in [0.05, 0.1) is 28.8 Å². The third kappa shape index (κ3) is 5.85. The van der Waals surface area contributed by atoms with Crippen LogP contribution in [0.2, 0.25) is 5.02 Å². The molecular formula is C28H23ClF3N3O4S. The first-order valence-electron chi connectivity index (χ1n) is 12.3. The molecule has 5 rings (SSSR count). The predicted molar refractivity (Wildman–Crippen MR) is 143 cm³/mol. The summed E-state index contributed by atoms with van der Waals surface area (Å²) in [6, 6.07) is 17.7. The van der Waals surface area contributed by atoms with Crippen molar-refractivity contribution >= 4 is 27.6 Å². The van der Waals surface area contributed by atoms with Gasteiger partial charge in [-0.15, -0.1) is 0 Å². The molecule has 0 saturated carbocycles. The molecule has 0 unspecified atom stereocenters. The van der Waals surface area contributed by atoms with Crippen molar-refractivity contribution in [3.8, 4) is 17.0 Å². The summed E-state index contributed by atoms with van der Waals surface area (Å²) in [6.07, 6.45) is -0.119. The van der Waals surface area contributed by atoms with Gasteiger partial charge in [-0.25, -0.2) is 4.98 Å². The quantitative estimate of drug-likeness (QED) is 0.241. The Bertz CT molecular complexity index is 1620. The van der Waals surface area contributed by atoms with Gasteiger partial charge in [-0.2, -0.15) is 21.6 Å². The molecule has 0 spiro atoms. The number of alkyl halides is 3. The van der Waals surface area contributed by atoms with Crippen molar-refractivity contribution in [3.63, 3.8) is 0 Å². The van der Waals surface area contributed by atoms with Crippen LogP contribution in [-0.4, -0.2) is 41.9 Å². The van der Waals surface area contributed by atoms with Gasteiger partial charge in [0.2, 0.25) is 0 Å². The molecule has 1 amide bonds. The lowest BCUT2D eigenvalue weighted by molar-refractivity contribution is -0.137. The maximum atomic E-state index is 13.2. The van der Waals surface area contributed by atoms with Crippen molar-refractivity contribution < 1.29 is 30.6 Å². The largest absolute Gasteiger partial charge is 0.417 e. The second kappa shape index (κ2) is 11.0. The number of likely N-dealkylation sites (tertiary alicyclic amines) is 1. The standard InChI is InChI=1S/C28H23ClF3N3O4S/c29-25-11-8-20(16-24(25)28(30,31)32)27(36)34-14-12-21(13-15-34)35-18-33-17-26(35)19-6-9-22(10-7-19)39-40(37,38)23-4-2-1-3-5-23/h1-11,16-18,21H,12-15H2. The summed E-state index contributed by atoms with van der Waals surface area (Å²) < 4.78 is 71.9. The van der Waals surface area contributed by atoms with Crippen LogP contribution in [-0.2, 0) is 16.3 Å². The number of hydrogen-bond donors (Lipinski definition) is 0. The van der Waals surface area contributed by atoms with E-state index in [2.05, 4.69) is 4.98 Å². The highest BCUT2D eigenvalue weighted by Crippen LogP contribution is 2.36. The van der Waals surface area contributed by atoms with E-state index >= 15 is 0 Å². The van der Waals surface area contributed by atoms with Gasteiger partial charge in [0.25, 0.3) is 5.91 Å². The number of halogens is 4. The fraction of sp³-hybridized carbons (Fsp3) is 0.214. The van der Waals surface area contributed by atoms with E-state index in [-0.39, 0.29) is 22.3 Å². The lowest BCUT2D eigenvalue weighted by atomic mass is 10.0. The molecular weight excluding hydrogens is 567 g/mol. The Kier molecular flexibility index (Phi) is 7.61. The van der Waals surface area contributed by atoms with Gasteiger partial charge in [0.15, 0.2) is 0 Å². The summed E-state index contributed by atoms with van der Waals surface area (Å²) in [7, 11) is -3.96. The van der Waals surface area contributed by atoms with Crippen LogP contribution in [0.3, 0.4) is 0 Å². The molecule has 40 heavy (non-hydrogen) atoms. The maximum absolute atomic E-state index is 13.2. The average Bonchev–Trinajstić information content (AvgIpc) is 3.43. The number of rotatable bonds is 6. The van der Waals surface area contributed by atoms with E-state index in [1.165, 1.54) is 23.1 Å². The molecule has 0 N–H and O–H groups in total. The Morgan fingerprint density at radius 1 is 0.975 bits per heavy atom. The van der Waals surface area contributed by atoms with Gasteiger partial charge in [-0.05, 0) is 67.4 Å². The zero-order chi connectivity index (χ0) is 28.5. The zero-order valence-electron chi connectivity index (χ0n) is 20.9. The normalized spacial score (nSPS) is 14.8. The van der Waals surface area contributed by atoms with Crippen molar-refractivity contribution in [1.82, 2.24) is 14.5 Å². The van der Waals surface area contributed by atoms with Crippen LogP contribution in [0.5, 0.6) is 5.75 Å². The number of hydrogen-bond acceptors (Lipinski definition) is 5. The lowest BCUT2D eigenvalue weighted by Gasteiger charge is -2.33. The number of carbonyl (C=O) groups is 1. The molecule has 0 radical (unpaired) electrons. The minimum absolute atomic E-state index is 0.00638. The van der Waals surface area contributed by atoms with Gasteiger partial charge < -0.3 is 13.7 Å². The summed E-state index contributed by atoms with van der Waals surface area (Å²) in [5.41, 5.74) is 0.498. The summed E-state index contributed by atoms with van der Waals surface area (Å²) in [5, 5.41) is -0.451. The van der Waals surface area contributed by atoms with Crippen molar-refractivity contribution in [3.05, 3.63) is 101 Å². The van der Waals surface area contributed by atoms with Crippen molar-refractivity contribution in [2.75, 3.05) is 13.1 Å². The fourth-order valence-electron chi connectivity index (χ4n) is 4.67. The number of nitrogens with zero attached hydrogens (tertiary/aromatic N) is 3.